The Bertz CT molecular complexity index is 1490. The van der Waals surface area contributed by atoms with Crippen molar-refractivity contribution >= 4 is 44.5 Å². The molecule has 1 aromatic carbocycles. The van der Waals surface area contributed by atoms with Crippen molar-refractivity contribution in [1.29, 1.82) is 0 Å². The molecule has 198 valence electrons. The van der Waals surface area contributed by atoms with Crippen LogP contribution in [0.1, 0.15) is 37.0 Å². The van der Waals surface area contributed by atoms with Gasteiger partial charge >= 0.3 is 5.69 Å². The zero-order valence-electron chi connectivity index (χ0n) is 22.0. The van der Waals surface area contributed by atoms with E-state index in [0.717, 1.165) is 35.2 Å². The number of aromatic nitrogens is 4. The topological polar surface area (TPSA) is 111 Å². The van der Waals surface area contributed by atoms with Gasteiger partial charge in [0.25, 0.3) is 5.56 Å². The number of imidazole rings is 1. The summed E-state index contributed by atoms with van der Waals surface area (Å²) in [7, 11) is 5.34. The van der Waals surface area contributed by atoms with Crippen LogP contribution in [0.15, 0.2) is 43.9 Å². The van der Waals surface area contributed by atoms with E-state index in [4.69, 9.17) is 10.7 Å². The molecule has 0 aliphatic carbocycles. The van der Waals surface area contributed by atoms with Crippen molar-refractivity contribution in [2.45, 2.75) is 45.8 Å². The maximum absolute atomic E-state index is 13.8. The normalized spacial score (nSPS) is 15.8. The Morgan fingerprint density at radius 3 is 2.62 bits per heavy atom. The summed E-state index contributed by atoms with van der Waals surface area (Å²) >= 11 is 3.44. The molecule has 1 aliphatic rings. The van der Waals surface area contributed by atoms with E-state index in [1.807, 2.05) is 49.6 Å². The fraction of sp³-hybridized carbons (Fsp3) is 0.462. The van der Waals surface area contributed by atoms with E-state index in [1.165, 1.54) is 4.57 Å². The number of piperidine rings is 1. The molecule has 10 nitrogen and oxygen atoms in total. The van der Waals surface area contributed by atoms with Crippen molar-refractivity contribution in [3.05, 3.63) is 60.7 Å². The van der Waals surface area contributed by atoms with Crippen molar-refractivity contribution in [2.75, 3.05) is 37.0 Å². The third-order valence-electron chi connectivity index (χ3n) is 6.70. The van der Waals surface area contributed by atoms with E-state index in [-0.39, 0.29) is 18.4 Å². The Labute approximate surface area is 224 Å². The van der Waals surface area contributed by atoms with Gasteiger partial charge < -0.3 is 20.1 Å². The fourth-order valence-corrected chi connectivity index (χ4v) is 5.08. The minimum Gasteiger partial charge on any atom is -0.378 e. The highest BCUT2D eigenvalue weighted by atomic mass is 79.9. The van der Waals surface area contributed by atoms with Gasteiger partial charge in [-0.3, -0.25) is 18.7 Å². The van der Waals surface area contributed by atoms with Crippen molar-refractivity contribution < 1.29 is 4.79 Å². The molecule has 11 heteroatoms. The number of benzene rings is 1. The van der Waals surface area contributed by atoms with Gasteiger partial charge in [0.1, 0.15) is 0 Å². The number of anilines is 2. The second-order valence-corrected chi connectivity index (χ2v) is 10.9. The molecule has 0 radical (unpaired) electrons. The standard InChI is InChI=1S/C26H34BrN7O3/c1-16(2)10-12-33-22-23(29-25(33)32-11-6-7-17(28)14-32)31(5)26(37)34(24(22)36)15-21(35)19-13-18(30(3)4)8-9-20(19)27/h8-10,13,17H,6-7,11-12,14-15,28H2,1-5H3. The van der Waals surface area contributed by atoms with Crippen molar-refractivity contribution in [1.82, 2.24) is 18.7 Å². The van der Waals surface area contributed by atoms with E-state index in [0.29, 0.717) is 40.2 Å². The largest absolute Gasteiger partial charge is 0.378 e. The number of nitrogens with two attached hydrogens (primary N) is 1. The number of halogens is 1. The number of rotatable bonds is 7. The highest BCUT2D eigenvalue weighted by molar-refractivity contribution is 9.10. The smallest absolute Gasteiger partial charge is 0.332 e. The lowest BCUT2D eigenvalue weighted by molar-refractivity contribution is 0.0968. The molecule has 2 aromatic heterocycles. The Morgan fingerprint density at radius 2 is 1.97 bits per heavy atom. The van der Waals surface area contributed by atoms with Crippen LogP contribution in [0.2, 0.25) is 0 Å². The lowest BCUT2D eigenvalue weighted by Crippen LogP contribution is -2.44. The predicted octanol–water partition coefficient (Wildman–Crippen LogP) is 2.50. The molecule has 1 atom stereocenters. The average molecular weight is 573 g/mol. The first-order chi connectivity index (χ1) is 17.5. The van der Waals surface area contributed by atoms with Gasteiger partial charge in [-0.05, 0) is 44.9 Å². The van der Waals surface area contributed by atoms with Gasteiger partial charge in [-0.1, -0.05) is 27.6 Å². The van der Waals surface area contributed by atoms with Crippen LogP contribution in [-0.4, -0.2) is 57.7 Å². The molecule has 1 saturated heterocycles. The maximum atomic E-state index is 13.8. The number of carbonyl (C=O) groups is 1. The Hall–Kier alpha value is -3.18. The number of fused-ring (bicyclic) bond motifs is 1. The lowest BCUT2D eigenvalue weighted by atomic mass is 10.1. The quantitative estimate of drug-likeness (QED) is 0.342. The first kappa shape index (κ1) is 26.9. The van der Waals surface area contributed by atoms with Gasteiger partial charge in [-0.2, -0.15) is 4.98 Å². The molecule has 0 spiro atoms. The molecule has 0 amide bonds. The van der Waals surface area contributed by atoms with Crippen LogP contribution in [0.25, 0.3) is 11.2 Å². The van der Waals surface area contributed by atoms with E-state index < -0.39 is 11.2 Å². The third-order valence-corrected chi connectivity index (χ3v) is 7.40. The van der Waals surface area contributed by atoms with Crippen LogP contribution >= 0.6 is 15.9 Å². The zero-order valence-corrected chi connectivity index (χ0v) is 23.6. The van der Waals surface area contributed by atoms with E-state index >= 15 is 0 Å². The number of allylic oxidation sites excluding steroid dienone is 2. The van der Waals surface area contributed by atoms with Gasteiger partial charge in [0.05, 0.1) is 6.54 Å². The molecule has 3 heterocycles. The second-order valence-electron chi connectivity index (χ2n) is 10.0. The number of nitrogens with zero attached hydrogens (tertiary/aromatic N) is 6. The molecule has 1 aliphatic heterocycles. The van der Waals surface area contributed by atoms with Crippen molar-refractivity contribution in [2.24, 2.45) is 12.8 Å². The summed E-state index contributed by atoms with van der Waals surface area (Å²) in [5.74, 6) is 0.270. The number of carbonyl (C=O) groups excluding carboxylic acids is 1. The van der Waals surface area contributed by atoms with Crippen LogP contribution in [-0.2, 0) is 20.1 Å². The number of aryl methyl sites for hydroxylation is 1. The summed E-state index contributed by atoms with van der Waals surface area (Å²) in [5, 5.41) is 0. The molecule has 0 saturated carbocycles. The molecule has 4 rings (SSSR count). The van der Waals surface area contributed by atoms with E-state index in [1.54, 1.807) is 19.2 Å². The monoisotopic (exact) mass is 571 g/mol. The number of hydrogen-bond acceptors (Lipinski definition) is 7. The summed E-state index contributed by atoms with van der Waals surface area (Å²) in [6.07, 6.45) is 3.87. The Kier molecular flexibility index (Phi) is 7.75. The van der Waals surface area contributed by atoms with Crippen molar-refractivity contribution in [3.8, 4) is 0 Å². The molecular formula is C26H34BrN7O3. The highest BCUT2D eigenvalue weighted by Gasteiger charge is 2.27. The molecule has 3 aromatic rings. The van der Waals surface area contributed by atoms with Gasteiger partial charge in [-0.25, -0.2) is 4.79 Å². The van der Waals surface area contributed by atoms with E-state index in [2.05, 4.69) is 20.8 Å². The van der Waals surface area contributed by atoms with Crippen LogP contribution < -0.4 is 26.8 Å². The molecular weight excluding hydrogens is 538 g/mol. The highest BCUT2D eigenvalue weighted by Crippen LogP contribution is 2.25. The summed E-state index contributed by atoms with van der Waals surface area (Å²) in [6, 6.07) is 5.43. The molecule has 37 heavy (non-hydrogen) atoms. The summed E-state index contributed by atoms with van der Waals surface area (Å²) in [4.78, 5) is 49.2. The zero-order chi connectivity index (χ0) is 27.0. The number of Topliss-reactive ketones (excluding diaryl/α,β-unsaturated/α-hetero) is 1. The minimum atomic E-state index is -0.584. The van der Waals surface area contributed by atoms with Crippen LogP contribution in [0.5, 0.6) is 0 Å². The minimum absolute atomic E-state index is 0.0138. The Balaban J connectivity index is 1.87. The average Bonchev–Trinajstić information content (AvgIpc) is 3.24. The molecule has 2 N–H and O–H groups in total. The molecule has 1 unspecified atom stereocenters. The second kappa shape index (κ2) is 10.7. The first-order valence-electron chi connectivity index (χ1n) is 12.3. The number of hydrogen-bond donors (Lipinski definition) is 1. The summed E-state index contributed by atoms with van der Waals surface area (Å²) in [5.41, 5.74) is 8.04. The number of ketones is 1. The summed E-state index contributed by atoms with van der Waals surface area (Å²) < 4.78 is 4.80. The summed E-state index contributed by atoms with van der Waals surface area (Å²) in [6.45, 7) is 5.40. The fourth-order valence-electron chi connectivity index (χ4n) is 4.61. The van der Waals surface area contributed by atoms with Crippen molar-refractivity contribution in [3.63, 3.8) is 0 Å². The lowest BCUT2D eigenvalue weighted by Gasteiger charge is -2.31. The van der Waals surface area contributed by atoms with Gasteiger partial charge in [-0.15, -0.1) is 0 Å². The van der Waals surface area contributed by atoms with Crippen LogP contribution in [0.3, 0.4) is 0 Å². The predicted molar refractivity (Wildman–Crippen MR) is 151 cm³/mol. The maximum Gasteiger partial charge on any atom is 0.332 e. The van der Waals surface area contributed by atoms with E-state index in [9.17, 15) is 14.4 Å². The first-order valence-corrected chi connectivity index (χ1v) is 13.1. The SMILES string of the molecule is CC(C)=CCn1c(N2CCCC(N)C2)nc2c1c(=O)n(CC(=O)c1cc(N(C)C)ccc1Br)c(=O)n2C. The Morgan fingerprint density at radius 1 is 1.24 bits per heavy atom. The van der Waals surface area contributed by atoms with Gasteiger partial charge in [0, 0.05) is 62.5 Å². The van der Waals surface area contributed by atoms with Crippen LogP contribution in [0.4, 0.5) is 11.6 Å². The molecule has 0 bridgehead atoms. The van der Waals surface area contributed by atoms with Crippen LogP contribution in [0, 0.1) is 0 Å². The molecule has 1 fully saturated rings. The van der Waals surface area contributed by atoms with Gasteiger partial charge in [0.15, 0.2) is 16.9 Å². The third kappa shape index (κ3) is 5.28. The van der Waals surface area contributed by atoms with Gasteiger partial charge in [0.2, 0.25) is 5.95 Å².